The average Bonchev–Trinajstić information content (AvgIpc) is 2.59. The lowest BCUT2D eigenvalue weighted by Crippen LogP contribution is -2.30. The zero-order chi connectivity index (χ0) is 16.3. The Kier molecular flexibility index (Phi) is 7.14. The van der Waals surface area contributed by atoms with Crippen molar-refractivity contribution < 1.29 is 14.3 Å². The minimum atomic E-state index is -0.115. The Morgan fingerprint density at radius 2 is 1.78 bits per heavy atom. The highest BCUT2D eigenvalue weighted by Crippen LogP contribution is 2.21. The Morgan fingerprint density at radius 3 is 2.57 bits per heavy atom. The minimum absolute atomic E-state index is 0.0266. The van der Waals surface area contributed by atoms with Gasteiger partial charge < -0.3 is 14.8 Å². The number of ether oxygens (including phenoxy) is 2. The van der Waals surface area contributed by atoms with Gasteiger partial charge in [-0.25, -0.2) is 0 Å². The van der Waals surface area contributed by atoms with Crippen LogP contribution in [0.2, 0.25) is 0 Å². The summed E-state index contributed by atoms with van der Waals surface area (Å²) in [4.78, 5) is 11.8. The fourth-order valence-electron chi connectivity index (χ4n) is 2.25. The number of carbonyl (C=O) groups is 1. The molecule has 0 unspecified atom stereocenters. The Balaban J connectivity index is 1.86. The maximum atomic E-state index is 11.8. The van der Waals surface area contributed by atoms with Gasteiger partial charge in [-0.1, -0.05) is 48.5 Å². The molecule has 2 rings (SSSR count). The van der Waals surface area contributed by atoms with Gasteiger partial charge in [0.25, 0.3) is 5.91 Å². The number of hydrogen-bond donors (Lipinski definition) is 1. The first-order chi connectivity index (χ1) is 11.3. The van der Waals surface area contributed by atoms with Gasteiger partial charge in [-0.15, -0.1) is 0 Å². The molecule has 0 heterocycles. The molecule has 0 bridgehead atoms. The first-order valence-electron chi connectivity index (χ1n) is 7.80. The van der Waals surface area contributed by atoms with Crippen LogP contribution in [0.25, 0.3) is 0 Å². The zero-order valence-corrected chi connectivity index (χ0v) is 13.5. The molecule has 4 heteroatoms. The fraction of sp³-hybridized carbons (Fsp3) is 0.316. The summed E-state index contributed by atoms with van der Waals surface area (Å²) < 4.78 is 10.6. The predicted octanol–water partition coefficient (Wildman–Crippen LogP) is 2.81. The predicted molar refractivity (Wildman–Crippen MR) is 90.7 cm³/mol. The van der Waals surface area contributed by atoms with Crippen LogP contribution in [0.15, 0.2) is 54.6 Å². The van der Waals surface area contributed by atoms with Crippen molar-refractivity contribution in [3.63, 3.8) is 0 Å². The molecule has 0 saturated heterocycles. The van der Waals surface area contributed by atoms with Crippen LogP contribution in [0.1, 0.15) is 17.5 Å². The van der Waals surface area contributed by atoms with Crippen molar-refractivity contribution in [2.45, 2.75) is 12.8 Å². The van der Waals surface area contributed by atoms with Crippen molar-refractivity contribution in [2.75, 3.05) is 26.9 Å². The first kappa shape index (κ1) is 17.0. The summed E-state index contributed by atoms with van der Waals surface area (Å²) in [7, 11) is 1.65. The van der Waals surface area contributed by atoms with E-state index in [4.69, 9.17) is 9.47 Å². The van der Waals surface area contributed by atoms with Gasteiger partial charge >= 0.3 is 0 Å². The van der Waals surface area contributed by atoms with Crippen molar-refractivity contribution in [1.82, 2.24) is 5.32 Å². The summed E-state index contributed by atoms with van der Waals surface area (Å²) in [6.45, 7) is 1.27. The molecule has 2 aromatic carbocycles. The van der Waals surface area contributed by atoms with Crippen LogP contribution < -0.4 is 10.1 Å². The highest BCUT2D eigenvalue weighted by molar-refractivity contribution is 5.77. The number of rotatable bonds is 9. The van der Waals surface area contributed by atoms with E-state index in [1.165, 1.54) is 5.56 Å². The van der Waals surface area contributed by atoms with E-state index in [0.717, 1.165) is 24.2 Å². The molecule has 0 fully saturated rings. The van der Waals surface area contributed by atoms with Gasteiger partial charge in [0.05, 0.1) is 0 Å². The van der Waals surface area contributed by atoms with Crippen LogP contribution in [0.4, 0.5) is 0 Å². The van der Waals surface area contributed by atoms with E-state index < -0.39 is 0 Å². The van der Waals surface area contributed by atoms with E-state index in [9.17, 15) is 4.79 Å². The lowest BCUT2D eigenvalue weighted by Gasteiger charge is -2.11. The van der Waals surface area contributed by atoms with Crippen molar-refractivity contribution in [2.24, 2.45) is 0 Å². The summed E-state index contributed by atoms with van der Waals surface area (Å²) in [5, 5.41) is 2.81. The van der Waals surface area contributed by atoms with E-state index in [0.29, 0.717) is 13.2 Å². The molecule has 122 valence electrons. The van der Waals surface area contributed by atoms with Gasteiger partial charge in [0.15, 0.2) is 6.61 Å². The lowest BCUT2D eigenvalue weighted by molar-refractivity contribution is -0.123. The fourth-order valence-corrected chi connectivity index (χ4v) is 2.25. The topological polar surface area (TPSA) is 47.6 Å². The standard InChI is InChI=1S/C19H23NO3/c1-22-13-7-12-20-19(21)15-23-18-11-6-5-10-17(18)14-16-8-3-2-4-9-16/h2-6,8-11H,7,12-15H2,1H3,(H,20,21). The summed E-state index contributed by atoms with van der Waals surface area (Å²) in [5.41, 5.74) is 2.29. The second kappa shape index (κ2) is 9.64. The number of para-hydroxylation sites is 1. The number of hydrogen-bond acceptors (Lipinski definition) is 3. The van der Waals surface area contributed by atoms with Gasteiger partial charge in [-0.3, -0.25) is 4.79 Å². The van der Waals surface area contributed by atoms with E-state index in [-0.39, 0.29) is 12.5 Å². The van der Waals surface area contributed by atoms with Gasteiger partial charge in [-0.2, -0.15) is 0 Å². The van der Waals surface area contributed by atoms with E-state index in [1.54, 1.807) is 7.11 Å². The maximum absolute atomic E-state index is 11.8. The van der Waals surface area contributed by atoms with Crippen LogP contribution in [0.3, 0.4) is 0 Å². The molecule has 1 amide bonds. The Labute approximate surface area is 137 Å². The molecule has 0 radical (unpaired) electrons. The lowest BCUT2D eigenvalue weighted by atomic mass is 10.0. The summed E-state index contributed by atoms with van der Waals surface area (Å²) in [5.74, 6) is 0.638. The number of benzene rings is 2. The molecule has 2 aromatic rings. The molecule has 0 aliphatic rings. The molecule has 0 spiro atoms. The number of methoxy groups -OCH3 is 1. The van der Waals surface area contributed by atoms with Crippen molar-refractivity contribution in [1.29, 1.82) is 0 Å². The van der Waals surface area contributed by atoms with E-state index in [2.05, 4.69) is 17.4 Å². The average molecular weight is 313 g/mol. The normalized spacial score (nSPS) is 10.3. The molecule has 0 aromatic heterocycles. The van der Waals surface area contributed by atoms with E-state index >= 15 is 0 Å². The third-order valence-corrected chi connectivity index (χ3v) is 3.42. The maximum Gasteiger partial charge on any atom is 0.257 e. The third-order valence-electron chi connectivity index (χ3n) is 3.42. The molecular formula is C19H23NO3. The highest BCUT2D eigenvalue weighted by atomic mass is 16.5. The smallest absolute Gasteiger partial charge is 0.257 e. The molecular weight excluding hydrogens is 290 g/mol. The summed E-state index contributed by atoms with van der Waals surface area (Å²) in [6.07, 6.45) is 1.58. The zero-order valence-electron chi connectivity index (χ0n) is 13.5. The number of nitrogens with one attached hydrogen (secondary N) is 1. The SMILES string of the molecule is COCCCNC(=O)COc1ccccc1Cc1ccccc1. The largest absolute Gasteiger partial charge is 0.483 e. The van der Waals surface area contributed by atoms with E-state index in [1.807, 2.05) is 42.5 Å². The highest BCUT2D eigenvalue weighted by Gasteiger charge is 2.07. The Morgan fingerprint density at radius 1 is 1.04 bits per heavy atom. The quantitative estimate of drug-likeness (QED) is 0.724. The molecule has 0 aliphatic heterocycles. The van der Waals surface area contributed by atoms with Gasteiger partial charge in [-0.05, 0) is 23.6 Å². The van der Waals surface area contributed by atoms with Crippen molar-refractivity contribution in [3.05, 3.63) is 65.7 Å². The van der Waals surface area contributed by atoms with Gasteiger partial charge in [0.1, 0.15) is 5.75 Å². The van der Waals surface area contributed by atoms with Crippen LogP contribution in [-0.2, 0) is 16.0 Å². The summed E-state index contributed by atoms with van der Waals surface area (Å²) in [6, 6.07) is 18.0. The minimum Gasteiger partial charge on any atom is -0.483 e. The first-order valence-corrected chi connectivity index (χ1v) is 7.80. The van der Waals surface area contributed by atoms with Crippen LogP contribution in [0, 0.1) is 0 Å². The Bertz CT molecular complexity index is 599. The number of amides is 1. The number of carbonyl (C=O) groups excluding carboxylic acids is 1. The summed E-state index contributed by atoms with van der Waals surface area (Å²) >= 11 is 0. The van der Waals surface area contributed by atoms with Gasteiger partial charge in [0.2, 0.25) is 0 Å². The Hall–Kier alpha value is -2.33. The molecule has 0 aliphatic carbocycles. The molecule has 23 heavy (non-hydrogen) atoms. The second-order valence-corrected chi connectivity index (χ2v) is 5.26. The molecule has 0 saturated carbocycles. The van der Waals surface area contributed by atoms with Crippen LogP contribution >= 0.6 is 0 Å². The van der Waals surface area contributed by atoms with Crippen molar-refractivity contribution in [3.8, 4) is 5.75 Å². The van der Waals surface area contributed by atoms with Gasteiger partial charge in [0, 0.05) is 26.7 Å². The van der Waals surface area contributed by atoms with Crippen LogP contribution in [-0.4, -0.2) is 32.8 Å². The van der Waals surface area contributed by atoms with Crippen molar-refractivity contribution >= 4 is 5.91 Å². The van der Waals surface area contributed by atoms with Crippen LogP contribution in [0.5, 0.6) is 5.75 Å². The second-order valence-electron chi connectivity index (χ2n) is 5.26. The molecule has 4 nitrogen and oxygen atoms in total. The third kappa shape index (κ3) is 6.12. The monoisotopic (exact) mass is 313 g/mol. The molecule has 0 atom stereocenters. The molecule has 1 N–H and O–H groups in total.